The molecule has 0 radical (unpaired) electrons. The Kier molecular flexibility index (Phi) is 2.96. The first-order valence-electron chi connectivity index (χ1n) is 6.61. The van der Waals surface area contributed by atoms with Gasteiger partial charge in [0, 0.05) is 19.1 Å². The monoisotopic (exact) mass is 270 g/mol. The van der Waals surface area contributed by atoms with Crippen LogP contribution >= 0.6 is 0 Å². The molecular weight excluding hydrogens is 253 g/mol. The molecule has 0 spiro atoms. The van der Waals surface area contributed by atoms with Gasteiger partial charge in [-0.15, -0.1) is 0 Å². The summed E-state index contributed by atoms with van der Waals surface area (Å²) in [6.07, 6.45) is -2.62. The second-order valence-corrected chi connectivity index (χ2v) is 5.48. The van der Waals surface area contributed by atoms with Gasteiger partial charge in [0.25, 0.3) is 0 Å². The molecular formula is C14H17F3N2. The van der Waals surface area contributed by atoms with Crippen LogP contribution in [-0.2, 0) is 12.6 Å². The van der Waals surface area contributed by atoms with Crippen molar-refractivity contribution >= 4 is 5.69 Å². The van der Waals surface area contributed by atoms with E-state index in [2.05, 4.69) is 4.90 Å². The number of para-hydroxylation sites is 1. The highest BCUT2D eigenvalue weighted by Gasteiger charge is 2.41. The summed E-state index contributed by atoms with van der Waals surface area (Å²) in [6, 6.07) is 4.75. The van der Waals surface area contributed by atoms with Crippen molar-refractivity contribution in [1.29, 1.82) is 0 Å². The fourth-order valence-corrected chi connectivity index (χ4v) is 3.29. The van der Waals surface area contributed by atoms with E-state index in [1.807, 2.05) is 18.0 Å². The van der Waals surface area contributed by atoms with Crippen LogP contribution in [0.5, 0.6) is 0 Å². The molecule has 104 valence electrons. The van der Waals surface area contributed by atoms with Crippen LogP contribution in [0.1, 0.15) is 17.5 Å². The van der Waals surface area contributed by atoms with E-state index in [9.17, 15) is 13.2 Å². The number of hydrogen-bond donors (Lipinski definition) is 0. The summed E-state index contributed by atoms with van der Waals surface area (Å²) in [5.74, 6) is 0. The van der Waals surface area contributed by atoms with Gasteiger partial charge in [-0.25, -0.2) is 0 Å². The Labute approximate surface area is 110 Å². The Balaban J connectivity index is 2.03. The van der Waals surface area contributed by atoms with E-state index >= 15 is 0 Å². The third kappa shape index (κ3) is 2.20. The molecule has 2 nitrogen and oxygen atoms in total. The maximum atomic E-state index is 13.1. The van der Waals surface area contributed by atoms with Crippen LogP contribution in [0.2, 0.25) is 0 Å². The molecule has 0 N–H and O–H groups in total. The molecule has 1 fully saturated rings. The summed E-state index contributed by atoms with van der Waals surface area (Å²) < 4.78 is 39.4. The van der Waals surface area contributed by atoms with Crippen molar-refractivity contribution in [2.75, 3.05) is 31.6 Å². The van der Waals surface area contributed by atoms with E-state index in [1.165, 1.54) is 12.1 Å². The molecule has 1 atom stereocenters. The minimum Gasteiger partial charge on any atom is -0.366 e. The number of fused-ring (bicyclic) bond motifs is 3. The van der Waals surface area contributed by atoms with Gasteiger partial charge in [0.15, 0.2) is 0 Å². The molecule has 0 bridgehead atoms. The Morgan fingerprint density at radius 1 is 1.21 bits per heavy atom. The fraction of sp³-hybridized carbons (Fsp3) is 0.571. The number of anilines is 1. The first-order chi connectivity index (χ1) is 8.97. The molecule has 1 aromatic carbocycles. The number of rotatable bonds is 0. The van der Waals surface area contributed by atoms with Gasteiger partial charge in [-0.3, -0.25) is 0 Å². The predicted molar refractivity (Wildman–Crippen MR) is 68.4 cm³/mol. The lowest BCUT2D eigenvalue weighted by Crippen LogP contribution is -2.38. The maximum absolute atomic E-state index is 13.1. The summed E-state index contributed by atoms with van der Waals surface area (Å²) in [5, 5.41) is 0. The number of halogens is 3. The lowest BCUT2D eigenvalue weighted by Gasteiger charge is -2.28. The first kappa shape index (κ1) is 12.8. The van der Waals surface area contributed by atoms with Crippen LogP contribution in [0.4, 0.5) is 18.9 Å². The van der Waals surface area contributed by atoms with Gasteiger partial charge in [0.1, 0.15) is 0 Å². The van der Waals surface area contributed by atoms with Gasteiger partial charge < -0.3 is 9.80 Å². The predicted octanol–water partition coefficient (Wildman–Crippen LogP) is 2.77. The molecule has 0 aliphatic carbocycles. The lowest BCUT2D eigenvalue weighted by atomic mass is 10.1. The summed E-state index contributed by atoms with van der Waals surface area (Å²) in [5.41, 5.74) is 0.794. The Morgan fingerprint density at radius 3 is 2.74 bits per heavy atom. The maximum Gasteiger partial charge on any atom is 0.418 e. The zero-order valence-corrected chi connectivity index (χ0v) is 10.9. The highest BCUT2D eigenvalue weighted by Crippen LogP contribution is 2.43. The molecule has 2 aliphatic rings. The van der Waals surface area contributed by atoms with E-state index in [0.717, 1.165) is 38.0 Å². The number of hydrogen-bond acceptors (Lipinski definition) is 2. The number of alkyl halides is 3. The normalized spacial score (nSPS) is 24.0. The third-order valence-corrected chi connectivity index (χ3v) is 4.07. The zero-order valence-electron chi connectivity index (χ0n) is 10.9. The van der Waals surface area contributed by atoms with Crippen LogP contribution in [0.15, 0.2) is 18.2 Å². The van der Waals surface area contributed by atoms with Gasteiger partial charge >= 0.3 is 6.18 Å². The second-order valence-electron chi connectivity index (χ2n) is 5.48. The minimum absolute atomic E-state index is 0.186. The summed E-state index contributed by atoms with van der Waals surface area (Å²) >= 11 is 0. The molecule has 3 rings (SSSR count). The van der Waals surface area contributed by atoms with E-state index < -0.39 is 11.7 Å². The zero-order chi connectivity index (χ0) is 13.6. The van der Waals surface area contributed by atoms with Crippen molar-refractivity contribution in [3.05, 3.63) is 29.3 Å². The van der Waals surface area contributed by atoms with E-state index in [4.69, 9.17) is 0 Å². The number of likely N-dealkylation sites (N-methyl/N-ethyl adjacent to an activating group) is 1. The molecule has 5 heteroatoms. The lowest BCUT2D eigenvalue weighted by molar-refractivity contribution is -0.137. The topological polar surface area (TPSA) is 6.48 Å². The molecule has 0 saturated carbocycles. The van der Waals surface area contributed by atoms with E-state index in [1.54, 1.807) is 0 Å². The molecule has 1 saturated heterocycles. The molecule has 2 heterocycles. The van der Waals surface area contributed by atoms with Crippen molar-refractivity contribution in [3.8, 4) is 0 Å². The SMILES string of the molecule is CN1CCCN2c3c(cccc3C(F)(F)F)CC2C1. The van der Waals surface area contributed by atoms with Crippen LogP contribution < -0.4 is 4.90 Å². The second kappa shape index (κ2) is 4.40. The van der Waals surface area contributed by atoms with Crippen molar-refractivity contribution in [2.24, 2.45) is 0 Å². The fourth-order valence-electron chi connectivity index (χ4n) is 3.29. The van der Waals surface area contributed by atoms with Crippen molar-refractivity contribution in [1.82, 2.24) is 4.90 Å². The van der Waals surface area contributed by atoms with Crippen LogP contribution in [0.25, 0.3) is 0 Å². The summed E-state index contributed by atoms with van der Waals surface area (Å²) in [4.78, 5) is 4.19. The highest BCUT2D eigenvalue weighted by atomic mass is 19.4. The van der Waals surface area contributed by atoms with E-state index in [-0.39, 0.29) is 6.04 Å². The van der Waals surface area contributed by atoms with Gasteiger partial charge in [0.2, 0.25) is 0 Å². The average molecular weight is 270 g/mol. The standard InChI is InChI=1S/C14H17F3N2/c1-18-6-3-7-19-11(9-18)8-10-4-2-5-12(13(10)19)14(15,16)17/h2,4-5,11H,3,6-9H2,1H3. The van der Waals surface area contributed by atoms with Crippen molar-refractivity contribution in [3.63, 3.8) is 0 Å². The largest absolute Gasteiger partial charge is 0.418 e. The van der Waals surface area contributed by atoms with Gasteiger partial charge in [-0.1, -0.05) is 12.1 Å². The Morgan fingerprint density at radius 2 is 2.00 bits per heavy atom. The minimum atomic E-state index is -4.27. The number of benzene rings is 1. The smallest absolute Gasteiger partial charge is 0.366 e. The Hall–Kier alpha value is -1.23. The molecule has 1 aromatic rings. The van der Waals surface area contributed by atoms with Crippen LogP contribution in [0, 0.1) is 0 Å². The van der Waals surface area contributed by atoms with Crippen molar-refractivity contribution < 1.29 is 13.2 Å². The summed E-state index contributed by atoms with van der Waals surface area (Å²) in [7, 11) is 2.04. The highest BCUT2D eigenvalue weighted by molar-refractivity contribution is 5.65. The van der Waals surface area contributed by atoms with Gasteiger partial charge in [0.05, 0.1) is 11.3 Å². The number of nitrogens with zero attached hydrogens (tertiary/aromatic N) is 2. The molecule has 1 unspecified atom stereocenters. The molecule has 19 heavy (non-hydrogen) atoms. The van der Waals surface area contributed by atoms with E-state index in [0.29, 0.717) is 5.69 Å². The van der Waals surface area contributed by atoms with Gasteiger partial charge in [-0.05, 0) is 38.1 Å². The van der Waals surface area contributed by atoms with Gasteiger partial charge in [-0.2, -0.15) is 13.2 Å². The third-order valence-electron chi connectivity index (χ3n) is 4.07. The van der Waals surface area contributed by atoms with Crippen LogP contribution in [0.3, 0.4) is 0 Å². The first-order valence-corrected chi connectivity index (χ1v) is 6.61. The quantitative estimate of drug-likeness (QED) is 0.715. The molecule has 2 aliphatic heterocycles. The Bertz CT molecular complexity index is 484. The summed E-state index contributed by atoms with van der Waals surface area (Å²) in [6.45, 7) is 2.51. The van der Waals surface area contributed by atoms with Crippen LogP contribution in [-0.4, -0.2) is 37.6 Å². The average Bonchev–Trinajstić information content (AvgIpc) is 2.55. The molecule has 0 amide bonds. The molecule has 0 aromatic heterocycles. The van der Waals surface area contributed by atoms with Crippen molar-refractivity contribution in [2.45, 2.75) is 25.1 Å².